The van der Waals surface area contributed by atoms with E-state index in [1.165, 1.54) is 12.8 Å². The lowest BCUT2D eigenvalue weighted by atomic mass is 9.81. The van der Waals surface area contributed by atoms with Crippen molar-refractivity contribution in [1.82, 2.24) is 0 Å². The monoisotopic (exact) mass is 230 g/mol. The maximum absolute atomic E-state index is 2.39. The van der Waals surface area contributed by atoms with E-state index < -0.39 is 0 Å². The Morgan fingerprint density at radius 1 is 1.00 bits per heavy atom. The Bertz CT molecular complexity index is 422. The second-order valence-corrected chi connectivity index (χ2v) is 6.79. The van der Waals surface area contributed by atoms with Gasteiger partial charge in [-0.2, -0.15) is 0 Å². The third-order valence-electron chi connectivity index (χ3n) is 4.32. The van der Waals surface area contributed by atoms with Crippen LogP contribution in [0.1, 0.15) is 82.1 Å². The van der Waals surface area contributed by atoms with Crippen LogP contribution < -0.4 is 0 Å². The van der Waals surface area contributed by atoms with Gasteiger partial charge in [-0.15, -0.1) is 0 Å². The predicted molar refractivity (Wildman–Crippen MR) is 76.0 cm³/mol. The molecule has 0 radical (unpaired) electrons. The molecule has 1 aromatic carbocycles. The summed E-state index contributed by atoms with van der Waals surface area (Å²) < 4.78 is 0. The fourth-order valence-corrected chi connectivity index (χ4v) is 3.34. The molecule has 94 valence electrons. The van der Waals surface area contributed by atoms with Crippen molar-refractivity contribution in [2.75, 3.05) is 0 Å². The standard InChI is InChI=1S/C17H26/c1-11(2)13-7-8-15-14(16(13)12(3)4)9-10-17(15,5)6/h7-8,11-12H,9-10H2,1-6H3. The van der Waals surface area contributed by atoms with Gasteiger partial charge < -0.3 is 0 Å². The first-order chi connectivity index (χ1) is 7.84. The van der Waals surface area contributed by atoms with Crippen LogP contribution in [-0.4, -0.2) is 0 Å². The van der Waals surface area contributed by atoms with Gasteiger partial charge in [0, 0.05) is 0 Å². The van der Waals surface area contributed by atoms with Crippen molar-refractivity contribution in [2.24, 2.45) is 0 Å². The molecule has 0 N–H and O–H groups in total. The Morgan fingerprint density at radius 2 is 1.65 bits per heavy atom. The van der Waals surface area contributed by atoms with Gasteiger partial charge in [0.25, 0.3) is 0 Å². The molecule has 0 spiro atoms. The maximum Gasteiger partial charge on any atom is -0.00976 e. The third-order valence-corrected chi connectivity index (χ3v) is 4.32. The summed E-state index contributed by atoms with van der Waals surface area (Å²) in [5.41, 5.74) is 6.86. The Balaban J connectivity index is 2.65. The van der Waals surface area contributed by atoms with E-state index in [1.54, 1.807) is 22.3 Å². The first kappa shape index (κ1) is 12.7. The van der Waals surface area contributed by atoms with Crippen molar-refractivity contribution >= 4 is 0 Å². The molecule has 0 atom stereocenters. The molecule has 0 saturated heterocycles. The summed E-state index contributed by atoms with van der Waals surface area (Å²) in [7, 11) is 0. The molecule has 2 rings (SSSR count). The molecule has 0 nitrogen and oxygen atoms in total. The minimum Gasteiger partial charge on any atom is -0.0587 e. The zero-order valence-corrected chi connectivity index (χ0v) is 12.2. The smallest absolute Gasteiger partial charge is 0.00976 e. The molecule has 1 aromatic rings. The summed E-state index contributed by atoms with van der Waals surface area (Å²) in [6, 6.07) is 4.77. The van der Waals surface area contributed by atoms with Gasteiger partial charge in [-0.05, 0) is 52.3 Å². The van der Waals surface area contributed by atoms with Crippen LogP contribution >= 0.6 is 0 Å². The average molecular weight is 230 g/mol. The molecular formula is C17H26. The molecule has 0 bridgehead atoms. The fourth-order valence-electron chi connectivity index (χ4n) is 3.34. The van der Waals surface area contributed by atoms with E-state index in [1.807, 2.05) is 0 Å². The van der Waals surface area contributed by atoms with E-state index in [2.05, 4.69) is 53.7 Å². The Labute approximate surface area is 106 Å². The van der Waals surface area contributed by atoms with E-state index in [9.17, 15) is 0 Å². The highest BCUT2D eigenvalue weighted by molar-refractivity contribution is 5.49. The highest BCUT2D eigenvalue weighted by atomic mass is 14.4. The molecule has 0 aliphatic heterocycles. The molecule has 0 fully saturated rings. The van der Waals surface area contributed by atoms with Gasteiger partial charge in [0.1, 0.15) is 0 Å². The van der Waals surface area contributed by atoms with Gasteiger partial charge in [0.2, 0.25) is 0 Å². The predicted octanol–water partition coefficient (Wildman–Crippen LogP) is 5.16. The highest BCUT2D eigenvalue weighted by Gasteiger charge is 2.32. The Morgan fingerprint density at radius 3 is 2.18 bits per heavy atom. The largest absolute Gasteiger partial charge is 0.0587 e. The number of benzene rings is 1. The second-order valence-electron chi connectivity index (χ2n) is 6.79. The fraction of sp³-hybridized carbons (Fsp3) is 0.647. The molecule has 0 heteroatoms. The van der Waals surface area contributed by atoms with Crippen molar-refractivity contribution in [3.8, 4) is 0 Å². The molecule has 1 aliphatic rings. The molecule has 17 heavy (non-hydrogen) atoms. The second kappa shape index (κ2) is 4.15. The lowest BCUT2D eigenvalue weighted by Gasteiger charge is -2.24. The Kier molecular flexibility index (Phi) is 3.10. The molecule has 0 heterocycles. The van der Waals surface area contributed by atoms with Gasteiger partial charge in [-0.1, -0.05) is 53.7 Å². The number of rotatable bonds is 2. The van der Waals surface area contributed by atoms with Gasteiger partial charge in [0.15, 0.2) is 0 Å². The topological polar surface area (TPSA) is 0 Å². The minimum absolute atomic E-state index is 0.383. The van der Waals surface area contributed by atoms with Crippen LogP contribution in [0.15, 0.2) is 12.1 Å². The van der Waals surface area contributed by atoms with Crippen molar-refractivity contribution in [1.29, 1.82) is 0 Å². The van der Waals surface area contributed by atoms with E-state index in [-0.39, 0.29) is 0 Å². The zero-order chi connectivity index (χ0) is 12.8. The normalized spacial score (nSPS) is 17.9. The molecule has 1 aliphatic carbocycles. The average Bonchev–Trinajstić information content (AvgIpc) is 2.53. The highest BCUT2D eigenvalue weighted by Crippen LogP contribution is 2.43. The van der Waals surface area contributed by atoms with Crippen molar-refractivity contribution in [2.45, 2.75) is 71.6 Å². The van der Waals surface area contributed by atoms with Crippen LogP contribution in [0.5, 0.6) is 0 Å². The first-order valence-corrected chi connectivity index (χ1v) is 7.00. The van der Waals surface area contributed by atoms with Crippen LogP contribution in [0.3, 0.4) is 0 Å². The van der Waals surface area contributed by atoms with Gasteiger partial charge in [-0.3, -0.25) is 0 Å². The van der Waals surface area contributed by atoms with Crippen molar-refractivity contribution in [3.05, 3.63) is 34.4 Å². The van der Waals surface area contributed by atoms with Crippen molar-refractivity contribution in [3.63, 3.8) is 0 Å². The Hall–Kier alpha value is -0.780. The van der Waals surface area contributed by atoms with E-state index >= 15 is 0 Å². The molecular weight excluding hydrogens is 204 g/mol. The summed E-state index contributed by atoms with van der Waals surface area (Å²) in [4.78, 5) is 0. The van der Waals surface area contributed by atoms with Gasteiger partial charge in [0.05, 0.1) is 0 Å². The quantitative estimate of drug-likeness (QED) is 0.658. The summed E-state index contributed by atoms with van der Waals surface area (Å²) in [5.74, 6) is 1.29. The first-order valence-electron chi connectivity index (χ1n) is 7.00. The molecule has 0 unspecified atom stereocenters. The summed E-state index contributed by atoms with van der Waals surface area (Å²) in [5, 5.41) is 0. The molecule has 0 aromatic heterocycles. The van der Waals surface area contributed by atoms with Crippen LogP contribution in [-0.2, 0) is 11.8 Å². The maximum atomic E-state index is 2.39. The zero-order valence-electron chi connectivity index (χ0n) is 12.2. The van der Waals surface area contributed by atoms with Crippen molar-refractivity contribution < 1.29 is 0 Å². The van der Waals surface area contributed by atoms with Gasteiger partial charge >= 0.3 is 0 Å². The molecule has 0 amide bonds. The van der Waals surface area contributed by atoms with E-state index in [0.717, 1.165) is 0 Å². The minimum atomic E-state index is 0.383. The van der Waals surface area contributed by atoms with Crippen LogP contribution in [0.2, 0.25) is 0 Å². The van der Waals surface area contributed by atoms with Crippen LogP contribution in [0, 0.1) is 0 Å². The summed E-state index contributed by atoms with van der Waals surface area (Å²) in [6.45, 7) is 14.1. The summed E-state index contributed by atoms with van der Waals surface area (Å²) >= 11 is 0. The lowest BCUT2D eigenvalue weighted by Crippen LogP contribution is -2.13. The SMILES string of the molecule is CC(C)c1ccc2c(c1C(C)C)CCC2(C)C. The lowest BCUT2D eigenvalue weighted by molar-refractivity contribution is 0.522. The third kappa shape index (κ3) is 2.03. The number of fused-ring (bicyclic) bond motifs is 1. The van der Waals surface area contributed by atoms with E-state index in [0.29, 0.717) is 17.3 Å². The number of hydrogen-bond acceptors (Lipinski definition) is 0. The van der Waals surface area contributed by atoms with E-state index in [4.69, 9.17) is 0 Å². The number of hydrogen-bond donors (Lipinski definition) is 0. The molecule has 0 saturated carbocycles. The van der Waals surface area contributed by atoms with Gasteiger partial charge in [-0.25, -0.2) is 0 Å². The summed E-state index contributed by atoms with van der Waals surface area (Å²) in [6.07, 6.45) is 2.58. The van der Waals surface area contributed by atoms with Crippen LogP contribution in [0.4, 0.5) is 0 Å². The van der Waals surface area contributed by atoms with Crippen LogP contribution in [0.25, 0.3) is 0 Å².